The number of amides is 2. The summed E-state index contributed by atoms with van der Waals surface area (Å²) in [5.74, 6) is -5.50. The molecule has 1 fully saturated rings. The summed E-state index contributed by atoms with van der Waals surface area (Å²) in [6.07, 6.45) is 3.71. The Balaban J connectivity index is 0.00000364. The van der Waals surface area contributed by atoms with Crippen LogP contribution in [0.2, 0.25) is 0 Å². The van der Waals surface area contributed by atoms with Gasteiger partial charge in [-0.1, -0.05) is 13.3 Å². The molecule has 5 nitrogen and oxygen atoms in total. The molecule has 1 aromatic rings. The second-order valence-corrected chi connectivity index (χ2v) is 6.65. The van der Waals surface area contributed by atoms with Crippen molar-refractivity contribution in [3.05, 3.63) is 29.6 Å². The highest BCUT2D eigenvalue weighted by Crippen LogP contribution is 2.25. The molecule has 0 aliphatic heterocycles. The van der Waals surface area contributed by atoms with Crippen LogP contribution in [-0.2, 0) is 9.59 Å². The second-order valence-electron chi connectivity index (χ2n) is 6.65. The van der Waals surface area contributed by atoms with Crippen molar-refractivity contribution >= 4 is 29.9 Å². The van der Waals surface area contributed by atoms with E-state index in [2.05, 4.69) is 5.32 Å². The van der Waals surface area contributed by atoms with Gasteiger partial charge in [-0.05, 0) is 37.8 Å². The number of carbonyl (C=O) groups is 2. The summed E-state index contributed by atoms with van der Waals surface area (Å²) >= 11 is 0. The van der Waals surface area contributed by atoms with E-state index in [9.17, 15) is 22.8 Å². The van der Waals surface area contributed by atoms with Crippen LogP contribution < -0.4 is 11.1 Å². The summed E-state index contributed by atoms with van der Waals surface area (Å²) in [4.78, 5) is 26.3. The molecule has 3 N–H and O–H groups in total. The van der Waals surface area contributed by atoms with Crippen molar-refractivity contribution < 1.29 is 22.8 Å². The Labute approximate surface area is 162 Å². The first-order valence-electron chi connectivity index (χ1n) is 8.81. The normalized spacial score (nSPS) is 19.1. The number of nitrogens with zero attached hydrogens (tertiary/aromatic N) is 1. The lowest BCUT2D eigenvalue weighted by atomic mass is 9.85. The van der Waals surface area contributed by atoms with E-state index in [1.807, 2.05) is 6.92 Å². The fourth-order valence-corrected chi connectivity index (χ4v) is 3.23. The molecular weight excluding hydrogens is 383 g/mol. The molecule has 1 aliphatic rings. The third-order valence-corrected chi connectivity index (χ3v) is 4.51. The Hall–Kier alpha value is -1.80. The van der Waals surface area contributed by atoms with Gasteiger partial charge in [-0.3, -0.25) is 9.59 Å². The molecule has 0 spiro atoms. The molecule has 2 unspecified atom stereocenters. The minimum atomic E-state index is -1.65. The Morgan fingerprint density at radius 3 is 2.56 bits per heavy atom. The van der Waals surface area contributed by atoms with E-state index in [4.69, 9.17) is 5.73 Å². The Morgan fingerprint density at radius 1 is 1.22 bits per heavy atom. The third-order valence-electron chi connectivity index (χ3n) is 4.51. The molecule has 0 bridgehead atoms. The van der Waals surface area contributed by atoms with Crippen LogP contribution >= 0.6 is 12.4 Å². The van der Waals surface area contributed by atoms with E-state index in [1.54, 1.807) is 0 Å². The zero-order valence-corrected chi connectivity index (χ0v) is 16.0. The molecule has 1 saturated carbocycles. The van der Waals surface area contributed by atoms with Gasteiger partial charge in [0.25, 0.3) is 0 Å². The summed E-state index contributed by atoms with van der Waals surface area (Å²) in [5.41, 5.74) is 5.46. The molecule has 1 aliphatic carbocycles. The number of benzene rings is 1. The predicted molar refractivity (Wildman–Crippen MR) is 99.0 cm³/mol. The third kappa shape index (κ3) is 6.10. The van der Waals surface area contributed by atoms with E-state index in [0.717, 1.165) is 31.4 Å². The molecule has 0 aromatic heterocycles. The average molecular weight is 408 g/mol. The minimum Gasteiger partial charge on any atom is -0.333 e. The topological polar surface area (TPSA) is 75.4 Å². The molecule has 27 heavy (non-hydrogen) atoms. The molecule has 0 saturated heterocycles. The molecule has 2 amide bonds. The van der Waals surface area contributed by atoms with Gasteiger partial charge in [0.2, 0.25) is 11.8 Å². The molecule has 152 valence electrons. The first-order valence-corrected chi connectivity index (χ1v) is 8.81. The number of hydrogen-bond acceptors (Lipinski definition) is 3. The zero-order chi connectivity index (χ0) is 19.3. The van der Waals surface area contributed by atoms with Crippen molar-refractivity contribution in [1.82, 2.24) is 4.90 Å². The molecular formula is C18H25ClF3N3O2. The van der Waals surface area contributed by atoms with E-state index in [1.165, 1.54) is 4.90 Å². The highest BCUT2D eigenvalue weighted by atomic mass is 35.5. The van der Waals surface area contributed by atoms with Gasteiger partial charge < -0.3 is 16.0 Å². The van der Waals surface area contributed by atoms with Gasteiger partial charge in [0.1, 0.15) is 0 Å². The number of anilines is 1. The number of carbonyl (C=O) groups excluding carboxylic acids is 2. The Kier molecular flexibility index (Phi) is 9.05. The fourth-order valence-electron chi connectivity index (χ4n) is 3.23. The average Bonchev–Trinajstić information content (AvgIpc) is 2.61. The number of nitrogens with two attached hydrogens (primary N) is 1. The van der Waals surface area contributed by atoms with Crippen LogP contribution in [-0.4, -0.2) is 35.8 Å². The quantitative estimate of drug-likeness (QED) is 0.711. The van der Waals surface area contributed by atoms with Crippen LogP contribution in [0.15, 0.2) is 12.1 Å². The van der Waals surface area contributed by atoms with Crippen LogP contribution in [0.25, 0.3) is 0 Å². The summed E-state index contributed by atoms with van der Waals surface area (Å²) < 4.78 is 39.9. The smallest absolute Gasteiger partial charge is 0.244 e. The first kappa shape index (κ1) is 23.2. The van der Waals surface area contributed by atoms with E-state index >= 15 is 0 Å². The van der Waals surface area contributed by atoms with E-state index < -0.39 is 29.0 Å². The van der Waals surface area contributed by atoms with Gasteiger partial charge >= 0.3 is 0 Å². The van der Waals surface area contributed by atoms with Crippen molar-refractivity contribution in [3.8, 4) is 0 Å². The van der Waals surface area contributed by atoms with Gasteiger partial charge in [0, 0.05) is 18.5 Å². The fraction of sp³-hybridized carbons (Fsp3) is 0.556. The molecule has 9 heteroatoms. The Bertz CT molecular complexity index is 675. The lowest BCUT2D eigenvalue weighted by Crippen LogP contribution is -2.44. The van der Waals surface area contributed by atoms with Crippen LogP contribution in [0.3, 0.4) is 0 Å². The summed E-state index contributed by atoms with van der Waals surface area (Å²) in [6, 6.07) is 1.65. The van der Waals surface area contributed by atoms with Crippen LogP contribution in [0.4, 0.5) is 18.9 Å². The number of hydrogen-bond donors (Lipinski definition) is 2. The maximum Gasteiger partial charge on any atom is 0.244 e. The summed E-state index contributed by atoms with van der Waals surface area (Å²) in [5, 5.41) is 2.19. The van der Waals surface area contributed by atoms with E-state index in [-0.39, 0.29) is 36.8 Å². The van der Waals surface area contributed by atoms with Crippen LogP contribution in [0, 0.1) is 23.4 Å². The minimum absolute atomic E-state index is 0. The monoisotopic (exact) mass is 407 g/mol. The van der Waals surface area contributed by atoms with Gasteiger partial charge in [0.15, 0.2) is 17.5 Å². The van der Waals surface area contributed by atoms with Gasteiger partial charge in [-0.25, -0.2) is 13.2 Å². The largest absolute Gasteiger partial charge is 0.333 e. The Morgan fingerprint density at radius 2 is 1.93 bits per heavy atom. The van der Waals surface area contributed by atoms with Crippen LogP contribution in [0.1, 0.15) is 39.0 Å². The maximum absolute atomic E-state index is 13.7. The molecule has 0 radical (unpaired) electrons. The van der Waals surface area contributed by atoms with Gasteiger partial charge in [0.05, 0.1) is 12.2 Å². The lowest BCUT2D eigenvalue weighted by molar-refractivity contribution is -0.139. The number of nitrogens with one attached hydrogen (secondary N) is 1. The SMILES string of the molecule is CCCN(CC(=O)Nc1ccc(F)c(F)c1F)C(=O)C1CCCC(N)C1.Cl. The lowest BCUT2D eigenvalue weighted by Gasteiger charge is -2.31. The number of halogens is 4. The molecule has 2 rings (SSSR count). The van der Waals surface area contributed by atoms with Crippen molar-refractivity contribution in [2.45, 2.75) is 45.1 Å². The van der Waals surface area contributed by atoms with Crippen molar-refractivity contribution in [2.75, 3.05) is 18.4 Å². The number of rotatable bonds is 6. The highest BCUT2D eigenvalue weighted by molar-refractivity contribution is 5.95. The standard InChI is InChI=1S/C18H24F3N3O2.ClH/c1-2-8-24(18(26)11-4-3-5-12(22)9-11)10-15(25)23-14-7-6-13(19)16(20)17(14)21;/h6-7,11-12H,2-5,8-10,22H2,1H3,(H,23,25);1H. The maximum atomic E-state index is 13.7. The second kappa shape index (κ2) is 10.5. The summed E-state index contributed by atoms with van der Waals surface area (Å²) in [6.45, 7) is 1.97. The predicted octanol–water partition coefficient (Wildman–Crippen LogP) is 3.22. The zero-order valence-electron chi connectivity index (χ0n) is 15.1. The highest BCUT2D eigenvalue weighted by Gasteiger charge is 2.29. The molecule has 1 aromatic carbocycles. The van der Waals surface area contributed by atoms with Crippen molar-refractivity contribution in [1.29, 1.82) is 0 Å². The molecule has 2 atom stereocenters. The molecule has 0 heterocycles. The first-order chi connectivity index (χ1) is 12.3. The van der Waals surface area contributed by atoms with Crippen molar-refractivity contribution in [3.63, 3.8) is 0 Å². The van der Waals surface area contributed by atoms with E-state index in [0.29, 0.717) is 19.4 Å². The summed E-state index contributed by atoms with van der Waals surface area (Å²) in [7, 11) is 0. The van der Waals surface area contributed by atoms with Crippen molar-refractivity contribution in [2.24, 2.45) is 11.7 Å². The van der Waals surface area contributed by atoms with Gasteiger partial charge in [-0.15, -0.1) is 12.4 Å². The van der Waals surface area contributed by atoms with Gasteiger partial charge in [-0.2, -0.15) is 0 Å². The van der Waals surface area contributed by atoms with Crippen LogP contribution in [0.5, 0.6) is 0 Å².